The number of hydrogen-bond acceptors (Lipinski definition) is 7. The van der Waals surface area contributed by atoms with Gasteiger partial charge in [0, 0.05) is 48.7 Å². The number of nitrogens with zero attached hydrogens (tertiary/aromatic N) is 3. The average molecular weight is 426 g/mol. The SMILES string of the molecule is COC(=O)c1ccc(N2CCN(CC(=O)Nc3ccc(C)c([N+](=O)[O-])c3)C(C)C2)cc1. The lowest BCUT2D eigenvalue weighted by molar-refractivity contribution is -0.385. The minimum Gasteiger partial charge on any atom is -0.465 e. The van der Waals surface area contributed by atoms with Gasteiger partial charge >= 0.3 is 5.97 Å². The van der Waals surface area contributed by atoms with Gasteiger partial charge in [-0.05, 0) is 44.2 Å². The molecule has 0 radical (unpaired) electrons. The van der Waals surface area contributed by atoms with E-state index in [1.54, 1.807) is 31.2 Å². The van der Waals surface area contributed by atoms with E-state index in [2.05, 4.69) is 22.0 Å². The van der Waals surface area contributed by atoms with Crippen molar-refractivity contribution in [1.29, 1.82) is 0 Å². The first-order valence-corrected chi connectivity index (χ1v) is 10.0. The molecule has 31 heavy (non-hydrogen) atoms. The summed E-state index contributed by atoms with van der Waals surface area (Å²) in [6.07, 6.45) is 0. The summed E-state index contributed by atoms with van der Waals surface area (Å²) < 4.78 is 4.73. The number of nitrogens with one attached hydrogen (secondary N) is 1. The number of benzene rings is 2. The molecule has 9 heteroatoms. The fourth-order valence-electron chi connectivity index (χ4n) is 3.66. The van der Waals surface area contributed by atoms with Crippen LogP contribution in [0.25, 0.3) is 0 Å². The van der Waals surface area contributed by atoms with Crippen LogP contribution in [0.1, 0.15) is 22.8 Å². The zero-order chi connectivity index (χ0) is 22.5. The maximum absolute atomic E-state index is 12.5. The zero-order valence-electron chi connectivity index (χ0n) is 17.8. The van der Waals surface area contributed by atoms with Gasteiger partial charge < -0.3 is 15.0 Å². The normalized spacial score (nSPS) is 16.6. The Balaban J connectivity index is 1.56. The number of anilines is 2. The number of nitro benzene ring substituents is 1. The highest BCUT2D eigenvalue weighted by Gasteiger charge is 2.26. The second-order valence-electron chi connectivity index (χ2n) is 7.61. The van der Waals surface area contributed by atoms with Gasteiger partial charge in [-0.15, -0.1) is 0 Å². The van der Waals surface area contributed by atoms with E-state index in [9.17, 15) is 19.7 Å². The molecular weight excluding hydrogens is 400 g/mol. The lowest BCUT2D eigenvalue weighted by Crippen LogP contribution is -2.53. The second kappa shape index (κ2) is 9.57. The molecule has 0 saturated carbocycles. The van der Waals surface area contributed by atoms with E-state index in [1.807, 2.05) is 12.1 Å². The number of carbonyl (C=O) groups excluding carboxylic acids is 2. The van der Waals surface area contributed by atoms with E-state index in [0.717, 1.165) is 18.8 Å². The highest BCUT2D eigenvalue weighted by Crippen LogP contribution is 2.23. The Morgan fingerprint density at radius 2 is 1.90 bits per heavy atom. The molecular formula is C22H26N4O5. The second-order valence-corrected chi connectivity index (χ2v) is 7.61. The molecule has 3 rings (SSSR count). The van der Waals surface area contributed by atoms with Gasteiger partial charge in [-0.25, -0.2) is 4.79 Å². The molecule has 0 aliphatic carbocycles. The van der Waals surface area contributed by atoms with E-state index in [-0.39, 0.29) is 30.2 Å². The van der Waals surface area contributed by atoms with Gasteiger partial charge in [0.2, 0.25) is 5.91 Å². The van der Waals surface area contributed by atoms with Crippen molar-refractivity contribution in [2.24, 2.45) is 0 Å². The zero-order valence-corrected chi connectivity index (χ0v) is 17.8. The monoisotopic (exact) mass is 426 g/mol. The lowest BCUT2D eigenvalue weighted by atomic mass is 10.1. The maximum atomic E-state index is 12.5. The number of methoxy groups -OCH3 is 1. The first-order chi connectivity index (χ1) is 14.8. The van der Waals surface area contributed by atoms with Crippen LogP contribution < -0.4 is 10.2 Å². The summed E-state index contributed by atoms with van der Waals surface area (Å²) in [5.74, 6) is -0.574. The van der Waals surface area contributed by atoms with Crippen LogP contribution in [0, 0.1) is 17.0 Å². The van der Waals surface area contributed by atoms with E-state index in [4.69, 9.17) is 4.74 Å². The van der Waals surface area contributed by atoms with Crippen molar-refractivity contribution in [2.75, 3.05) is 43.5 Å². The molecule has 164 valence electrons. The van der Waals surface area contributed by atoms with Crippen molar-refractivity contribution < 1.29 is 19.2 Å². The maximum Gasteiger partial charge on any atom is 0.337 e. The third kappa shape index (κ3) is 5.37. The van der Waals surface area contributed by atoms with Gasteiger partial charge in [0.05, 0.1) is 24.1 Å². The summed E-state index contributed by atoms with van der Waals surface area (Å²) in [6, 6.07) is 12.1. The van der Waals surface area contributed by atoms with Gasteiger partial charge in [0.25, 0.3) is 5.69 Å². The number of carbonyl (C=O) groups is 2. The van der Waals surface area contributed by atoms with E-state index >= 15 is 0 Å². The van der Waals surface area contributed by atoms with Gasteiger partial charge in [-0.1, -0.05) is 6.07 Å². The Kier molecular flexibility index (Phi) is 6.86. The number of amides is 1. The van der Waals surface area contributed by atoms with Crippen LogP contribution in [0.4, 0.5) is 17.1 Å². The van der Waals surface area contributed by atoms with Crippen LogP contribution in [0.3, 0.4) is 0 Å². The summed E-state index contributed by atoms with van der Waals surface area (Å²) in [5, 5.41) is 13.8. The summed E-state index contributed by atoms with van der Waals surface area (Å²) in [4.78, 5) is 39.0. The van der Waals surface area contributed by atoms with Gasteiger partial charge in [-0.2, -0.15) is 0 Å². The number of aryl methyl sites for hydroxylation is 1. The van der Waals surface area contributed by atoms with Crippen molar-refractivity contribution >= 4 is 28.9 Å². The Bertz CT molecular complexity index is 976. The molecule has 0 aromatic heterocycles. The average Bonchev–Trinajstić information content (AvgIpc) is 2.76. The largest absolute Gasteiger partial charge is 0.465 e. The van der Waals surface area contributed by atoms with E-state index < -0.39 is 4.92 Å². The van der Waals surface area contributed by atoms with Crippen LogP contribution in [0.5, 0.6) is 0 Å². The Hall–Kier alpha value is -3.46. The molecule has 1 saturated heterocycles. The lowest BCUT2D eigenvalue weighted by Gasteiger charge is -2.40. The van der Waals surface area contributed by atoms with Crippen LogP contribution in [0.2, 0.25) is 0 Å². The van der Waals surface area contributed by atoms with E-state index in [0.29, 0.717) is 23.4 Å². The van der Waals surface area contributed by atoms with Crippen LogP contribution in [-0.2, 0) is 9.53 Å². The van der Waals surface area contributed by atoms with Gasteiger partial charge in [0.15, 0.2) is 0 Å². The Morgan fingerprint density at radius 3 is 2.52 bits per heavy atom. The molecule has 0 spiro atoms. The Labute approximate surface area is 180 Å². The molecule has 0 bridgehead atoms. The fourth-order valence-corrected chi connectivity index (χ4v) is 3.66. The van der Waals surface area contributed by atoms with E-state index in [1.165, 1.54) is 13.2 Å². The molecule has 1 fully saturated rings. The molecule has 1 heterocycles. The van der Waals surface area contributed by atoms with Crippen molar-refractivity contribution in [3.8, 4) is 0 Å². The summed E-state index contributed by atoms with van der Waals surface area (Å²) in [5.41, 5.74) is 2.46. The molecule has 1 N–H and O–H groups in total. The quantitative estimate of drug-likeness (QED) is 0.430. The number of nitro groups is 1. The van der Waals surface area contributed by atoms with Crippen molar-refractivity contribution in [3.05, 3.63) is 63.7 Å². The first-order valence-electron chi connectivity index (χ1n) is 10.0. The number of ether oxygens (including phenoxy) is 1. The van der Waals surface area contributed by atoms with Gasteiger partial charge in [-0.3, -0.25) is 19.8 Å². The number of piperazine rings is 1. The minimum absolute atomic E-state index is 0.0157. The predicted octanol–water partition coefficient (Wildman–Crippen LogP) is 2.84. The van der Waals surface area contributed by atoms with Crippen molar-refractivity contribution in [1.82, 2.24) is 4.90 Å². The molecule has 2 aromatic carbocycles. The van der Waals surface area contributed by atoms with Crippen molar-refractivity contribution in [2.45, 2.75) is 19.9 Å². The molecule has 2 aromatic rings. The van der Waals surface area contributed by atoms with Crippen LogP contribution in [0.15, 0.2) is 42.5 Å². The van der Waals surface area contributed by atoms with Crippen LogP contribution in [-0.4, -0.2) is 61.0 Å². The smallest absolute Gasteiger partial charge is 0.337 e. The summed E-state index contributed by atoms with van der Waals surface area (Å²) >= 11 is 0. The molecule has 1 atom stereocenters. The topological polar surface area (TPSA) is 105 Å². The number of hydrogen-bond donors (Lipinski definition) is 1. The summed E-state index contributed by atoms with van der Waals surface area (Å²) in [7, 11) is 1.35. The fraction of sp³-hybridized carbons (Fsp3) is 0.364. The Morgan fingerprint density at radius 1 is 1.19 bits per heavy atom. The number of rotatable bonds is 6. The number of esters is 1. The highest BCUT2D eigenvalue weighted by atomic mass is 16.6. The third-order valence-electron chi connectivity index (χ3n) is 5.45. The molecule has 1 aliphatic heterocycles. The molecule has 1 aliphatic rings. The van der Waals surface area contributed by atoms with Crippen LogP contribution >= 0.6 is 0 Å². The highest BCUT2D eigenvalue weighted by molar-refractivity contribution is 5.92. The third-order valence-corrected chi connectivity index (χ3v) is 5.45. The minimum atomic E-state index is -0.454. The molecule has 9 nitrogen and oxygen atoms in total. The molecule has 1 unspecified atom stereocenters. The summed E-state index contributed by atoms with van der Waals surface area (Å²) in [6.45, 7) is 6.10. The van der Waals surface area contributed by atoms with Gasteiger partial charge in [0.1, 0.15) is 0 Å². The standard InChI is InChI=1S/C22H26N4O5/c1-15-4-7-18(12-20(15)26(29)30)23-21(27)14-24-10-11-25(13-16(24)2)19-8-5-17(6-9-19)22(28)31-3/h4-9,12,16H,10-11,13-14H2,1-3H3,(H,23,27). The van der Waals surface area contributed by atoms with Crippen molar-refractivity contribution in [3.63, 3.8) is 0 Å². The first kappa shape index (κ1) is 22.2. The molecule has 1 amide bonds. The predicted molar refractivity (Wildman–Crippen MR) is 117 cm³/mol.